The molecule has 28 heavy (non-hydrogen) atoms. The van der Waals surface area contributed by atoms with Gasteiger partial charge < -0.3 is 19.3 Å². The lowest BCUT2D eigenvalue weighted by Crippen LogP contribution is -2.45. The van der Waals surface area contributed by atoms with Crippen LogP contribution < -0.4 is 4.74 Å². The third-order valence-electron chi connectivity index (χ3n) is 6.52. The van der Waals surface area contributed by atoms with Gasteiger partial charge in [0.15, 0.2) is 0 Å². The molecule has 6 nitrogen and oxygen atoms in total. The Hall–Kier alpha value is -2.08. The number of amides is 2. The zero-order valence-electron chi connectivity index (χ0n) is 16.6. The lowest BCUT2D eigenvalue weighted by atomic mass is 9.88. The van der Waals surface area contributed by atoms with Crippen LogP contribution in [0.15, 0.2) is 24.3 Å². The van der Waals surface area contributed by atoms with Crippen LogP contribution in [-0.4, -0.2) is 68.1 Å². The van der Waals surface area contributed by atoms with E-state index in [-0.39, 0.29) is 29.6 Å². The van der Waals surface area contributed by atoms with Gasteiger partial charge in [-0.15, -0.1) is 0 Å². The summed E-state index contributed by atoms with van der Waals surface area (Å²) in [5.74, 6) is 1.20. The molecule has 0 N–H and O–H groups in total. The number of benzene rings is 1. The topological polar surface area (TPSA) is 59.1 Å². The number of hydrogen-bond donors (Lipinski definition) is 0. The molecule has 0 spiro atoms. The molecule has 2 heterocycles. The Bertz CT molecular complexity index is 693. The third-order valence-corrected chi connectivity index (χ3v) is 6.52. The highest BCUT2D eigenvalue weighted by Crippen LogP contribution is 2.37. The first-order valence-electron chi connectivity index (χ1n) is 10.5. The van der Waals surface area contributed by atoms with Crippen molar-refractivity contribution >= 4 is 11.8 Å². The molecular weight excluding hydrogens is 356 g/mol. The summed E-state index contributed by atoms with van der Waals surface area (Å²) in [4.78, 5) is 30.2. The van der Waals surface area contributed by atoms with Crippen LogP contribution in [0.2, 0.25) is 0 Å². The number of hydrogen-bond acceptors (Lipinski definition) is 4. The average molecular weight is 386 g/mol. The smallest absolute Gasteiger partial charge is 0.228 e. The van der Waals surface area contributed by atoms with Gasteiger partial charge in [-0.2, -0.15) is 0 Å². The van der Waals surface area contributed by atoms with Gasteiger partial charge in [-0.1, -0.05) is 25.0 Å². The van der Waals surface area contributed by atoms with Gasteiger partial charge in [-0.05, 0) is 30.5 Å². The minimum Gasteiger partial charge on any atom is -0.497 e. The van der Waals surface area contributed by atoms with E-state index >= 15 is 0 Å². The maximum atomic E-state index is 13.3. The van der Waals surface area contributed by atoms with Gasteiger partial charge in [0.1, 0.15) is 5.75 Å². The van der Waals surface area contributed by atoms with Crippen molar-refractivity contribution in [2.45, 2.75) is 31.6 Å². The highest BCUT2D eigenvalue weighted by Gasteiger charge is 2.43. The van der Waals surface area contributed by atoms with E-state index in [4.69, 9.17) is 9.47 Å². The van der Waals surface area contributed by atoms with Crippen LogP contribution in [0.1, 0.15) is 37.2 Å². The number of carbonyl (C=O) groups is 2. The minimum atomic E-state index is -0.183. The summed E-state index contributed by atoms with van der Waals surface area (Å²) in [5, 5.41) is 0. The lowest BCUT2D eigenvalue weighted by Gasteiger charge is -2.31. The molecule has 3 fully saturated rings. The van der Waals surface area contributed by atoms with Gasteiger partial charge in [0.05, 0.1) is 26.2 Å². The number of carbonyl (C=O) groups excluding carboxylic acids is 2. The Morgan fingerprint density at radius 3 is 2.29 bits per heavy atom. The summed E-state index contributed by atoms with van der Waals surface area (Å²) in [6.45, 7) is 3.62. The van der Waals surface area contributed by atoms with E-state index in [2.05, 4.69) is 0 Å². The van der Waals surface area contributed by atoms with Gasteiger partial charge in [0.2, 0.25) is 11.8 Å². The monoisotopic (exact) mass is 386 g/mol. The maximum Gasteiger partial charge on any atom is 0.228 e. The molecule has 2 atom stereocenters. The normalized spacial score (nSPS) is 25.9. The second-order valence-electron chi connectivity index (χ2n) is 8.15. The Morgan fingerprint density at radius 2 is 1.64 bits per heavy atom. The van der Waals surface area contributed by atoms with Gasteiger partial charge in [0, 0.05) is 38.0 Å². The van der Waals surface area contributed by atoms with Crippen LogP contribution in [0.25, 0.3) is 0 Å². The summed E-state index contributed by atoms with van der Waals surface area (Å²) >= 11 is 0. The Balaban J connectivity index is 1.55. The van der Waals surface area contributed by atoms with Crippen LogP contribution >= 0.6 is 0 Å². The molecular formula is C22H30N2O4. The Labute approximate surface area is 166 Å². The van der Waals surface area contributed by atoms with Crippen molar-refractivity contribution in [3.05, 3.63) is 29.8 Å². The van der Waals surface area contributed by atoms with Crippen LogP contribution in [0.4, 0.5) is 0 Å². The SMILES string of the molecule is COc1ccc(C2CN(C(=O)C3CCCC3)CC2C(=O)N2CCOCC2)cc1. The molecule has 2 saturated heterocycles. The Kier molecular flexibility index (Phi) is 5.85. The zero-order valence-corrected chi connectivity index (χ0v) is 16.6. The fourth-order valence-corrected chi connectivity index (χ4v) is 4.87. The van der Waals surface area contributed by atoms with E-state index in [0.29, 0.717) is 39.4 Å². The highest BCUT2D eigenvalue weighted by atomic mass is 16.5. The molecule has 2 amide bonds. The number of morpholine rings is 1. The molecule has 1 aliphatic carbocycles. The molecule has 0 radical (unpaired) electrons. The number of ether oxygens (including phenoxy) is 2. The quantitative estimate of drug-likeness (QED) is 0.797. The largest absolute Gasteiger partial charge is 0.497 e. The fourth-order valence-electron chi connectivity index (χ4n) is 4.87. The molecule has 3 aliphatic rings. The standard InChI is InChI=1S/C22H30N2O4/c1-27-18-8-6-16(7-9-18)19-14-24(21(25)17-4-2-3-5-17)15-20(19)22(26)23-10-12-28-13-11-23/h6-9,17,19-20H,2-5,10-15H2,1H3. The molecule has 2 aliphatic heterocycles. The number of methoxy groups -OCH3 is 1. The fraction of sp³-hybridized carbons (Fsp3) is 0.636. The first kappa shape index (κ1) is 19.2. The highest BCUT2D eigenvalue weighted by molar-refractivity contribution is 5.84. The van der Waals surface area contributed by atoms with E-state index in [1.807, 2.05) is 34.1 Å². The van der Waals surface area contributed by atoms with Crippen molar-refractivity contribution in [2.75, 3.05) is 46.5 Å². The van der Waals surface area contributed by atoms with Gasteiger partial charge in [0.25, 0.3) is 0 Å². The van der Waals surface area contributed by atoms with Gasteiger partial charge >= 0.3 is 0 Å². The summed E-state index contributed by atoms with van der Waals surface area (Å²) < 4.78 is 10.7. The lowest BCUT2D eigenvalue weighted by molar-refractivity contribution is -0.140. The van der Waals surface area contributed by atoms with Crippen molar-refractivity contribution in [3.8, 4) is 5.75 Å². The molecule has 0 aromatic heterocycles. The predicted octanol–water partition coefficient (Wildman–Crippen LogP) is 2.29. The summed E-state index contributed by atoms with van der Waals surface area (Å²) in [6, 6.07) is 7.94. The van der Waals surface area contributed by atoms with Crippen LogP contribution in [0.3, 0.4) is 0 Å². The third kappa shape index (κ3) is 3.88. The van der Waals surface area contributed by atoms with Crippen molar-refractivity contribution in [2.24, 2.45) is 11.8 Å². The minimum absolute atomic E-state index is 0.0339. The van der Waals surface area contributed by atoms with Crippen molar-refractivity contribution in [1.29, 1.82) is 0 Å². The number of rotatable bonds is 4. The van der Waals surface area contributed by atoms with E-state index in [0.717, 1.165) is 37.0 Å². The molecule has 152 valence electrons. The molecule has 2 unspecified atom stereocenters. The molecule has 4 rings (SSSR count). The molecule has 1 saturated carbocycles. The summed E-state index contributed by atoms with van der Waals surface area (Å²) in [6.07, 6.45) is 4.26. The van der Waals surface area contributed by atoms with Crippen LogP contribution in [0, 0.1) is 11.8 Å². The molecule has 6 heteroatoms. The maximum absolute atomic E-state index is 13.3. The summed E-state index contributed by atoms with van der Waals surface area (Å²) in [5.41, 5.74) is 1.11. The van der Waals surface area contributed by atoms with Crippen molar-refractivity contribution in [1.82, 2.24) is 9.80 Å². The molecule has 0 bridgehead atoms. The first-order chi connectivity index (χ1) is 13.7. The molecule has 1 aromatic carbocycles. The van der Waals surface area contributed by atoms with Crippen LogP contribution in [0.5, 0.6) is 5.75 Å². The Morgan fingerprint density at radius 1 is 0.964 bits per heavy atom. The molecule has 1 aromatic rings. The average Bonchev–Trinajstić information content (AvgIpc) is 3.44. The van der Waals surface area contributed by atoms with E-state index < -0.39 is 0 Å². The van der Waals surface area contributed by atoms with Gasteiger partial charge in [-0.3, -0.25) is 9.59 Å². The van der Waals surface area contributed by atoms with Crippen molar-refractivity contribution in [3.63, 3.8) is 0 Å². The van der Waals surface area contributed by atoms with Crippen molar-refractivity contribution < 1.29 is 19.1 Å². The van der Waals surface area contributed by atoms with E-state index in [1.54, 1.807) is 7.11 Å². The number of likely N-dealkylation sites (tertiary alicyclic amines) is 1. The van der Waals surface area contributed by atoms with Crippen LogP contribution in [-0.2, 0) is 14.3 Å². The van der Waals surface area contributed by atoms with Gasteiger partial charge in [-0.25, -0.2) is 0 Å². The van der Waals surface area contributed by atoms with E-state index in [1.165, 1.54) is 0 Å². The zero-order chi connectivity index (χ0) is 19.5. The predicted molar refractivity (Wildman–Crippen MR) is 105 cm³/mol. The summed E-state index contributed by atoms with van der Waals surface area (Å²) in [7, 11) is 1.65. The second kappa shape index (κ2) is 8.52. The first-order valence-corrected chi connectivity index (χ1v) is 10.5. The van der Waals surface area contributed by atoms with E-state index in [9.17, 15) is 9.59 Å². The second-order valence-corrected chi connectivity index (χ2v) is 8.15. The number of nitrogens with zero attached hydrogens (tertiary/aromatic N) is 2.